The minimum atomic E-state index is -1.15. The predicted molar refractivity (Wildman–Crippen MR) is 164 cm³/mol. The van der Waals surface area contributed by atoms with Gasteiger partial charge in [0.2, 0.25) is 0 Å². The predicted octanol–water partition coefficient (Wildman–Crippen LogP) is 6.85. The van der Waals surface area contributed by atoms with Crippen molar-refractivity contribution in [2.75, 3.05) is 33.9 Å². The molecule has 1 aliphatic rings. The van der Waals surface area contributed by atoms with Gasteiger partial charge in [-0.3, -0.25) is 4.79 Å². The van der Waals surface area contributed by atoms with Gasteiger partial charge in [-0.25, -0.2) is 0 Å². The number of benzene rings is 3. The Morgan fingerprint density at radius 3 is 2.60 bits per heavy atom. The van der Waals surface area contributed by atoms with Gasteiger partial charge in [0, 0.05) is 55.4 Å². The van der Waals surface area contributed by atoms with Crippen LogP contribution in [0.3, 0.4) is 0 Å². The summed E-state index contributed by atoms with van der Waals surface area (Å²) in [6.07, 6.45) is 4.84. The number of rotatable bonds is 12. The van der Waals surface area contributed by atoms with E-state index in [1.54, 1.807) is 7.11 Å². The molecule has 3 aromatic rings. The van der Waals surface area contributed by atoms with Crippen LogP contribution in [0.15, 0.2) is 66.7 Å². The Labute approximate surface area is 244 Å². The molecule has 4 rings (SSSR count). The van der Waals surface area contributed by atoms with Crippen LogP contribution in [0.2, 0.25) is 5.02 Å². The standard InChI is InChI=1S/C34H43ClN2O3/c1-4-25-10-7-11-28(22-25)32-30(13-8-14-31(32)35)34(39,19-5-6-21-40-3)29-12-9-20-37(24-29)33(38)27-17-15-26(16-18-27)23-36-2/h7-8,10-11,13-18,22,29,36,39H,4-6,9,12,19-21,23-24H2,1-3H3. The Bertz CT molecular complexity index is 1260. The Hall–Kier alpha value is -2.70. The van der Waals surface area contributed by atoms with E-state index in [-0.39, 0.29) is 11.8 Å². The van der Waals surface area contributed by atoms with E-state index in [1.807, 2.05) is 54.4 Å². The first kappa shape index (κ1) is 30.3. The lowest BCUT2D eigenvalue weighted by molar-refractivity contribution is -0.0574. The lowest BCUT2D eigenvalue weighted by Gasteiger charge is -2.44. The third-order valence-corrected chi connectivity index (χ3v) is 8.54. The van der Waals surface area contributed by atoms with E-state index in [9.17, 15) is 9.90 Å². The van der Waals surface area contributed by atoms with Crippen molar-refractivity contribution >= 4 is 17.5 Å². The summed E-state index contributed by atoms with van der Waals surface area (Å²) in [5.41, 5.74) is 4.65. The maximum atomic E-state index is 13.6. The number of piperidine rings is 1. The molecule has 6 heteroatoms. The third-order valence-electron chi connectivity index (χ3n) is 8.23. The van der Waals surface area contributed by atoms with Crippen molar-refractivity contribution in [3.63, 3.8) is 0 Å². The van der Waals surface area contributed by atoms with Gasteiger partial charge in [-0.1, -0.05) is 67.1 Å². The molecule has 2 unspecified atom stereocenters. The number of unbranched alkanes of at least 4 members (excludes halogenated alkanes) is 1. The largest absolute Gasteiger partial charge is 0.385 e. The number of ether oxygens (including phenoxy) is 1. The topological polar surface area (TPSA) is 61.8 Å². The Morgan fingerprint density at radius 2 is 1.88 bits per heavy atom. The van der Waals surface area contributed by atoms with E-state index < -0.39 is 5.60 Å². The zero-order chi connectivity index (χ0) is 28.5. The summed E-state index contributed by atoms with van der Waals surface area (Å²) >= 11 is 6.88. The molecular formula is C34H43ClN2O3. The quantitative estimate of drug-likeness (QED) is 0.237. The molecule has 0 aromatic heterocycles. The van der Waals surface area contributed by atoms with E-state index in [4.69, 9.17) is 16.3 Å². The molecular weight excluding hydrogens is 520 g/mol. The van der Waals surface area contributed by atoms with Crippen LogP contribution in [-0.4, -0.2) is 49.8 Å². The second kappa shape index (κ2) is 14.3. The molecule has 2 atom stereocenters. The molecule has 0 spiro atoms. The average Bonchev–Trinajstić information content (AvgIpc) is 2.99. The van der Waals surface area contributed by atoms with Gasteiger partial charge < -0.3 is 20.1 Å². The second-order valence-electron chi connectivity index (χ2n) is 10.9. The molecule has 1 heterocycles. The summed E-state index contributed by atoms with van der Waals surface area (Å²) in [5.74, 6) is -0.104. The minimum absolute atomic E-state index is 0.0180. The van der Waals surface area contributed by atoms with Gasteiger partial charge in [-0.2, -0.15) is 0 Å². The lowest BCUT2D eigenvalue weighted by Crippen LogP contribution is -2.48. The average molecular weight is 563 g/mol. The highest BCUT2D eigenvalue weighted by Crippen LogP contribution is 2.46. The van der Waals surface area contributed by atoms with Gasteiger partial charge in [0.1, 0.15) is 0 Å². The number of likely N-dealkylation sites (tertiary alicyclic amines) is 1. The first-order valence-corrected chi connectivity index (χ1v) is 14.9. The highest BCUT2D eigenvalue weighted by Gasteiger charge is 2.43. The van der Waals surface area contributed by atoms with Gasteiger partial charge in [-0.05, 0) is 86.0 Å². The van der Waals surface area contributed by atoms with Crippen molar-refractivity contribution in [1.29, 1.82) is 0 Å². The molecule has 1 aliphatic heterocycles. The smallest absolute Gasteiger partial charge is 0.253 e. The minimum Gasteiger partial charge on any atom is -0.385 e. The normalized spacial score (nSPS) is 17.0. The van der Waals surface area contributed by atoms with Gasteiger partial charge in [-0.15, -0.1) is 0 Å². The fraction of sp³-hybridized carbons (Fsp3) is 0.441. The van der Waals surface area contributed by atoms with Crippen molar-refractivity contribution in [2.24, 2.45) is 5.92 Å². The molecule has 0 radical (unpaired) electrons. The molecule has 2 N–H and O–H groups in total. The van der Waals surface area contributed by atoms with E-state index >= 15 is 0 Å². The van der Waals surface area contributed by atoms with Crippen LogP contribution in [0.5, 0.6) is 0 Å². The molecule has 3 aromatic carbocycles. The van der Waals surface area contributed by atoms with Crippen LogP contribution < -0.4 is 5.32 Å². The number of carbonyl (C=O) groups is 1. The molecule has 40 heavy (non-hydrogen) atoms. The number of hydrogen-bond donors (Lipinski definition) is 2. The molecule has 0 bridgehead atoms. The fourth-order valence-corrected chi connectivity index (χ4v) is 6.31. The SMILES string of the molecule is CCc1cccc(-c2c(Cl)cccc2C(O)(CCCCOC)C2CCCN(C(=O)c3ccc(CNC)cc3)C2)c1. The number of methoxy groups -OCH3 is 1. The molecule has 5 nitrogen and oxygen atoms in total. The van der Waals surface area contributed by atoms with Crippen LogP contribution in [0.1, 0.15) is 66.1 Å². The van der Waals surface area contributed by atoms with Crippen LogP contribution in [-0.2, 0) is 23.3 Å². The van der Waals surface area contributed by atoms with Gasteiger partial charge in [0.15, 0.2) is 0 Å². The second-order valence-corrected chi connectivity index (χ2v) is 11.3. The van der Waals surface area contributed by atoms with Crippen molar-refractivity contribution in [3.05, 3.63) is 94.0 Å². The van der Waals surface area contributed by atoms with E-state index in [2.05, 4.69) is 36.5 Å². The lowest BCUT2D eigenvalue weighted by atomic mass is 9.72. The maximum Gasteiger partial charge on any atom is 0.253 e. The van der Waals surface area contributed by atoms with Crippen LogP contribution in [0.4, 0.5) is 0 Å². The van der Waals surface area contributed by atoms with Gasteiger partial charge in [0.25, 0.3) is 5.91 Å². The highest BCUT2D eigenvalue weighted by molar-refractivity contribution is 6.33. The van der Waals surface area contributed by atoms with Crippen molar-refractivity contribution in [2.45, 2.75) is 57.6 Å². The molecule has 1 amide bonds. The third kappa shape index (κ3) is 6.95. The molecule has 1 fully saturated rings. The van der Waals surface area contributed by atoms with Crippen molar-refractivity contribution in [1.82, 2.24) is 10.2 Å². The molecule has 1 saturated heterocycles. The monoisotopic (exact) mass is 562 g/mol. The Kier molecular flexibility index (Phi) is 10.8. The number of halogens is 1. The number of carbonyl (C=O) groups excluding carboxylic acids is 1. The number of aliphatic hydroxyl groups is 1. The Balaban J connectivity index is 1.69. The summed E-state index contributed by atoms with van der Waals surface area (Å²) < 4.78 is 5.31. The summed E-state index contributed by atoms with van der Waals surface area (Å²) in [6, 6.07) is 22.1. The van der Waals surface area contributed by atoms with Crippen LogP contribution in [0.25, 0.3) is 11.1 Å². The molecule has 0 aliphatic carbocycles. The van der Waals surface area contributed by atoms with Crippen molar-refractivity contribution < 1.29 is 14.6 Å². The zero-order valence-corrected chi connectivity index (χ0v) is 24.8. The van der Waals surface area contributed by atoms with Crippen LogP contribution >= 0.6 is 11.6 Å². The van der Waals surface area contributed by atoms with Crippen molar-refractivity contribution in [3.8, 4) is 11.1 Å². The first-order valence-electron chi connectivity index (χ1n) is 14.5. The number of aryl methyl sites for hydroxylation is 1. The fourth-order valence-electron chi connectivity index (χ4n) is 6.03. The summed E-state index contributed by atoms with van der Waals surface area (Å²) in [4.78, 5) is 15.5. The van der Waals surface area contributed by atoms with E-state index in [0.29, 0.717) is 36.7 Å². The summed E-state index contributed by atoms with van der Waals surface area (Å²) in [5, 5.41) is 16.5. The van der Waals surface area contributed by atoms with E-state index in [1.165, 1.54) is 5.56 Å². The van der Waals surface area contributed by atoms with E-state index in [0.717, 1.165) is 60.9 Å². The van der Waals surface area contributed by atoms with Gasteiger partial charge in [0.05, 0.1) is 5.60 Å². The summed E-state index contributed by atoms with van der Waals surface area (Å²) in [7, 11) is 3.62. The number of nitrogens with one attached hydrogen (secondary N) is 1. The maximum absolute atomic E-state index is 13.6. The Morgan fingerprint density at radius 1 is 1.10 bits per heavy atom. The number of amides is 1. The number of nitrogens with zero attached hydrogens (tertiary/aromatic N) is 1. The summed E-state index contributed by atoms with van der Waals surface area (Å²) in [6.45, 7) is 4.74. The van der Waals surface area contributed by atoms with Gasteiger partial charge >= 0.3 is 0 Å². The number of hydrogen-bond acceptors (Lipinski definition) is 4. The first-order chi connectivity index (χ1) is 19.4. The van der Waals surface area contributed by atoms with Crippen LogP contribution in [0, 0.1) is 5.92 Å². The molecule has 0 saturated carbocycles. The zero-order valence-electron chi connectivity index (χ0n) is 24.1. The molecule has 214 valence electrons. The highest BCUT2D eigenvalue weighted by atomic mass is 35.5.